The first-order chi connectivity index (χ1) is 13.7. The highest BCUT2D eigenvalue weighted by atomic mass is 79.9. The van der Waals surface area contributed by atoms with E-state index >= 15 is 0 Å². The van der Waals surface area contributed by atoms with Crippen LogP contribution in [-0.4, -0.2) is 73.5 Å². The van der Waals surface area contributed by atoms with Crippen LogP contribution in [0.3, 0.4) is 0 Å². The lowest BCUT2D eigenvalue weighted by Crippen LogP contribution is -2.34. The smallest absolute Gasteiger partial charge is 0.157 e. The fraction of sp³-hybridized carbons (Fsp3) is 0.400. The molecule has 2 aromatic heterocycles. The Morgan fingerprint density at radius 3 is 2.36 bits per heavy atom. The van der Waals surface area contributed by atoms with Crippen molar-refractivity contribution in [1.29, 1.82) is 0 Å². The normalized spacial score (nSPS) is 11.4. The number of H-pyrrole nitrogens is 1. The molecule has 0 fully saturated rings. The van der Waals surface area contributed by atoms with Crippen molar-refractivity contribution in [1.82, 2.24) is 19.9 Å². The molecule has 2 heterocycles. The third-order valence-corrected chi connectivity index (χ3v) is 4.76. The molecular weight excluding hydrogens is 424 g/mol. The van der Waals surface area contributed by atoms with Crippen LogP contribution in [0.25, 0.3) is 22.6 Å². The van der Waals surface area contributed by atoms with Gasteiger partial charge >= 0.3 is 0 Å². The van der Waals surface area contributed by atoms with Gasteiger partial charge in [0.2, 0.25) is 0 Å². The molecule has 0 amide bonds. The van der Waals surface area contributed by atoms with E-state index in [0.717, 1.165) is 52.4 Å². The van der Waals surface area contributed by atoms with Gasteiger partial charge in [0, 0.05) is 50.1 Å². The quantitative estimate of drug-likeness (QED) is 0.484. The summed E-state index contributed by atoms with van der Waals surface area (Å²) in [5, 5.41) is 0. The molecule has 7 nitrogen and oxygen atoms in total. The Balaban J connectivity index is 1.56. The van der Waals surface area contributed by atoms with Crippen molar-refractivity contribution in [2.75, 3.05) is 53.7 Å². The number of aromatic nitrogens is 3. The van der Waals surface area contributed by atoms with E-state index in [9.17, 15) is 0 Å². The minimum atomic E-state index is 0.607. The van der Waals surface area contributed by atoms with Crippen LogP contribution in [0.15, 0.2) is 41.0 Å². The molecule has 1 N–H and O–H groups in total. The van der Waals surface area contributed by atoms with E-state index in [2.05, 4.69) is 35.8 Å². The minimum absolute atomic E-state index is 0.607. The van der Waals surface area contributed by atoms with Gasteiger partial charge in [0.15, 0.2) is 5.65 Å². The number of nitrogens with zero attached hydrogens (tertiary/aromatic N) is 3. The van der Waals surface area contributed by atoms with Crippen LogP contribution in [-0.2, 0) is 9.47 Å². The Labute approximate surface area is 173 Å². The Morgan fingerprint density at radius 1 is 1.00 bits per heavy atom. The van der Waals surface area contributed by atoms with E-state index in [1.807, 2.05) is 30.3 Å². The Kier molecular flexibility index (Phi) is 7.79. The molecule has 0 radical (unpaired) electrons. The van der Waals surface area contributed by atoms with Crippen molar-refractivity contribution in [3.05, 3.63) is 41.0 Å². The second kappa shape index (κ2) is 10.5. The molecule has 8 heteroatoms. The molecule has 150 valence electrons. The molecule has 0 saturated carbocycles. The van der Waals surface area contributed by atoms with E-state index < -0.39 is 0 Å². The number of methoxy groups -OCH3 is 2. The molecule has 0 bridgehead atoms. The fourth-order valence-electron chi connectivity index (χ4n) is 2.79. The average Bonchev–Trinajstić information content (AvgIpc) is 3.13. The van der Waals surface area contributed by atoms with E-state index in [1.165, 1.54) is 0 Å². The maximum Gasteiger partial charge on any atom is 0.157 e. The van der Waals surface area contributed by atoms with Crippen LogP contribution in [0.5, 0.6) is 5.75 Å². The summed E-state index contributed by atoms with van der Waals surface area (Å²) in [5.41, 5.74) is 2.59. The third-order valence-electron chi connectivity index (χ3n) is 4.33. The molecular formula is C20H25BrN4O3. The fourth-order valence-corrected chi connectivity index (χ4v) is 3.10. The summed E-state index contributed by atoms with van der Waals surface area (Å²) >= 11 is 3.42. The molecule has 28 heavy (non-hydrogen) atoms. The summed E-state index contributed by atoms with van der Waals surface area (Å²) in [6, 6.07) is 9.85. The zero-order valence-corrected chi connectivity index (χ0v) is 17.7. The summed E-state index contributed by atoms with van der Waals surface area (Å²) in [6.07, 6.45) is 1.75. The van der Waals surface area contributed by atoms with Crippen molar-refractivity contribution in [3.8, 4) is 17.1 Å². The number of hydrogen-bond donors (Lipinski definition) is 1. The van der Waals surface area contributed by atoms with Crippen molar-refractivity contribution in [3.63, 3.8) is 0 Å². The number of hydrogen-bond acceptors (Lipinski definition) is 6. The first-order valence-corrected chi connectivity index (χ1v) is 9.93. The number of ether oxygens (including phenoxy) is 3. The van der Waals surface area contributed by atoms with Crippen molar-refractivity contribution in [2.45, 2.75) is 0 Å². The second-order valence-electron chi connectivity index (χ2n) is 6.31. The average molecular weight is 449 g/mol. The van der Waals surface area contributed by atoms with Gasteiger partial charge in [0.1, 0.15) is 23.7 Å². The van der Waals surface area contributed by atoms with Crippen molar-refractivity contribution in [2.24, 2.45) is 0 Å². The van der Waals surface area contributed by atoms with Gasteiger partial charge in [0.25, 0.3) is 0 Å². The maximum absolute atomic E-state index is 5.89. The van der Waals surface area contributed by atoms with Crippen molar-refractivity contribution < 1.29 is 14.2 Å². The number of imidazole rings is 1. The van der Waals surface area contributed by atoms with Gasteiger partial charge in [-0.2, -0.15) is 0 Å². The predicted octanol–water partition coefficient (Wildman–Crippen LogP) is 3.36. The van der Waals surface area contributed by atoms with Crippen LogP contribution in [0, 0.1) is 0 Å². The largest absolute Gasteiger partial charge is 0.492 e. The van der Waals surface area contributed by atoms with Gasteiger partial charge in [-0.1, -0.05) is 0 Å². The molecule has 0 spiro atoms. The summed E-state index contributed by atoms with van der Waals surface area (Å²) in [6.45, 7) is 4.54. The van der Waals surface area contributed by atoms with Crippen LogP contribution in [0.4, 0.5) is 0 Å². The van der Waals surface area contributed by atoms with E-state index in [4.69, 9.17) is 14.2 Å². The molecule has 3 aromatic rings. The molecule has 0 saturated heterocycles. The standard InChI is InChI=1S/C20H25BrN4O3/c1-26-10-7-25(8-11-27-2)9-12-28-17-5-3-15(4-6-17)19-23-18-13-16(21)14-22-20(18)24-19/h3-6,13-14H,7-12H2,1-2H3,(H,22,23,24). The minimum Gasteiger partial charge on any atom is -0.492 e. The van der Waals surface area contributed by atoms with Crippen LogP contribution in [0.1, 0.15) is 0 Å². The zero-order chi connectivity index (χ0) is 19.8. The molecule has 0 aliphatic rings. The summed E-state index contributed by atoms with van der Waals surface area (Å²) in [4.78, 5) is 14.4. The SMILES string of the molecule is COCCN(CCOC)CCOc1ccc(-c2nc3cc(Br)cnc3[nH]2)cc1. The van der Waals surface area contributed by atoms with Gasteiger partial charge < -0.3 is 19.2 Å². The topological polar surface area (TPSA) is 72.5 Å². The van der Waals surface area contributed by atoms with E-state index in [1.54, 1.807) is 20.4 Å². The second-order valence-corrected chi connectivity index (χ2v) is 7.22. The van der Waals surface area contributed by atoms with Crippen LogP contribution >= 0.6 is 15.9 Å². The summed E-state index contributed by atoms with van der Waals surface area (Å²) < 4.78 is 17.1. The Morgan fingerprint density at radius 2 is 1.68 bits per heavy atom. The Bertz CT molecular complexity index is 862. The monoisotopic (exact) mass is 448 g/mol. The molecule has 0 unspecified atom stereocenters. The van der Waals surface area contributed by atoms with E-state index in [-0.39, 0.29) is 0 Å². The zero-order valence-electron chi connectivity index (χ0n) is 16.2. The first kappa shape index (κ1) is 20.7. The molecule has 0 atom stereocenters. The number of benzene rings is 1. The molecule has 1 aromatic carbocycles. The van der Waals surface area contributed by atoms with Gasteiger partial charge in [-0.15, -0.1) is 0 Å². The molecule has 0 aliphatic carbocycles. The number of nitrogens with one attached hydrogen (secondary N) is 1. The lowest BCUT2D eigenvalue weighted by molar-refractivity contribution is 0.104. The number of pyridine rings is 1. The molecule has 0 aliphatic heterocycles. The summed E-state index contributed by atoms with van der Waals surface area (Å²) in [5.74, 6) is 1.62. The number of aromatic amines is 1. The highest BCUT2D eigenvalue weighted by Gasteiger charge is 2.08. The van der Waals surface area contributed by atoms with Crippen LogP contribution < -0.4 is 4.74 Å². The number of halogens is 1. The summed E-state index contributed by atoms with van der Waals surface area (Å²) in [7, 11) is 3.42. The van der Waals surface area contributed by atoms with Gasteiger partial charge in [-0.25, -0.2) is 9.97 Å². The molecule has 3 rings (SSSR count). The lowest BCUT2D eigenvalue weighted by atomic mass is 10.2. The van der Waals surface area contributed by atoms with E-state index in [0.29, 0.717) is 19.8 Å². The maximum atomic E-state index is 5.89. The highest BCUT2D eigenvalue weighted by molar-refractivity contribution is 9.10. The Hall–Kier alpha value is -2.00. The van der Waals surface area contributed by atoms with Gasteiger partial charge in [-0.3, -0.25) is 4.90 Å². The van der Waals surface area contributed by atoms with Crippen molar-refractivity contribution >= 4 is 27.1 Å². The highest BCUT2D eigenvalue weighted by Crippen LogP contribution is 2.23. The predicted molar refractivity (Wildman–Crippen MR) is 113 cm³/mol. The first-order valence-electron chi connectivity index (χ1n) is 9.14. The number of fused-ring (bicyclic) bond motifs is 1. The number of rotatable bonds is 11. The van der Waals surface area contributed by atoms with Gasteiger partial charge in [-0.05, 0) is 46.3 Å². The third kappa shape index (κ3) is 5.75. The van der Waals surface area contributed by atoms with Gasteiger partial charge in [0.05, 0.1) is 13.2 Å². The van der Waals surface area contributed by atoms with Crippen LogP contribution in [0.2, 0.25) is 0 Å². The lowest BCUT2D eigenvalue weighted by Gasteiger charge is -2.21.